The van der Waals surface area contributed by atoms with Crippen molar-refractivity contribution in [3.8, 4) is 16.3 Å². The molecule has 0 saturated heterocycles. The predicted octanol–water partition coefficient (Wildman–Crippen LogP) is 3.81. The van der Waals surface area contributed by atoms with Gasteiger partial charge < -0.3 is 15.0 Å². The molecule has 3 aromatic rings. The summed E-state index contributed by atoms with van der Waals surface area (Å²) >= 11 is 1.43. The molecule has 0 bridgehead atoms. The van der Waals surface area contributed by atoms with Gasteiger partial charge in [-0.2, -0.15) is 0 Å². The van der Waals surface area contributed by atoms with Crippen LogP contribution in [-0.4, -0.2) is 32.1 Å². The van der Waals surface area contributed by atoms with Gasteiger partial charge in [0.25, 0.3) is 5.91 Å². The third-order valence-corrected chi connectivity index (χ3v) is 4.83. The molecule has 1 amide bonds. The maximum absolute atomic E-state index is 12.4. The van der Waals surface area contributed by atoms with Crippen molar-refractivity contribution in [2.75, 3.05) is 26.1 Å². The van der Waals surface area contributed by atoms with Crippen LogP contribution in [0.2, 0.25) is 0 Å². The van der Waals surface area contributed by atoms with Crippen LogP contribution in [0.4, 0.5) is 5.69 Å². The number of hydrogen-bond acceptors (Lipinski definition) is 5. The minimum Gasteiger partial charge on any atom is -0.496 e. The average Bonchev–Trinajstić information content (AvgIpc) is 3.16. The normalized spacial score (nSPS) is 10.4. The van der Waals surface area contributed by atoms with E-state index in [-0.39, 0.29) is 5.91 Å². The molecule has 0 aliphatic carbocycles. The molecule has 2 aromatic carbocycles. The van der Waals surface area contributed by atoms with Gasteiger partial charge in [-0.25, -0.2) is 4.98 Å². The average molecular weight is 367 g/mol. The summed E-state index contributed by atoms with van der Waals surface area (Å²) < 4.78 is 5.37. The molecule has 0 saturated carbocycles. The number of nitrogens with zero attached hydrogens (tertiary/aromatic N) is 2. The largest absolute Gasteiger partial charge is 0.496 e. The number of benzene rings is 2. The molecule has 0 aliphatic rings. The lowest BCUT2D eigenvalue weighted by molar-refractivity contribution is 0.0946. The van der Waals surface area contributed by atoms with Gasteiger partial charge in [0.2, 0.25) is 0 Å². The number of aromatic nitrogens is 1. The van der Waals surface area contributed by atoms with Gasteiger partial charge in [0.05, 0.1) is 12.7 Å². The van der Waals surface area contributed by atoms with E-state index in [1.165, 1.54) is 11.3 Å². The summed E-state index contributed by atoms with van der Waals surface area (Å²) in [5.74, 6) is 0.562. The van der Waals surface area contributed by atoms with E-state index in [1.54, 1.807) is 12.5 Å². The Bertz CT molecular complexity index is 905. The van der Waals surface area contributed by atoms with Crippen molar-refractivity contribution < 1.29 is 9.53 Å². The number of amides is 1. The predicted molar refractivity (Wildman–Crippen MR) is 106 cm³/mol. The van der Waals surface area contributed by atoms with Crippen LogP contribution in [0.3, 0.4) is 0 Å². The Morgan fingerprint density at radius 1 is 1.19 bits per heavy atom. The van der Waals surface area contributed by atoms with Gasteiger partial charge in [-0.3, -0.25) is 4.79 Å². The number of carbonyl (C=O) groups excluding carboxylic acids is 1. The highest BCUT2D eigenvalue weighted by molar-refractivity contribution is 7.13. The molecule has 0 spiro atoms. The molecule has 0 aliphatic heterocycles. The number of anilines is 1. The zero-order valence-corrected chi connectivity index (χ0v) is 15.8. The highest BCUT2D eigenvalue weighted by Gasteiger charge is 2.14. The Kier molecular flexibility index (Phi) is 5.53. The minimum atomic E-state index is -0.183. The fourth-order valence-electron chi connectivity index (χ4n) is 2.54. The number of nitrogens with one attached hydrogen (secondary N) is 1. The third-order valence-electron chi connectivity index (χ3n) is 3.95. The molecule has 1 N–H and O–H groups in total. The molecule has 3 rings (SSSR count). The molecule has 0 atom stereocenters. The monoisotopic (exact) mass is 367 g/mol. The zero-order chi connectivity index (χ0) is 18.5. The number of thiazole rings is 1. The SMILES string of the molecule is COc1ccccc1-c1nc(C(=O)NCc2cccc(N(C)C)c2)cs1. The molecular formula is C20H21N3O2S. The molecule has 0 fully saturated rings. The van der Waals surface area contributed by atoms with E-state index in [0.717, 1.165) is 27.6 Å². The van der Waals surface area contributed by atoms with Crippen molar-refractivity contribution in [2.45, 2.75) is 6.54 Å². The van der Waals surface area contributed by atoms with E-state index in [4.69, 9.17) is 4.74 Å². The van der Waals surface area contributed by atoms with Crippen LogP contribution in [-0.2, 0) is 6.54 Å². The zero-order valence-electron chi connectivity index (χ0n) is 15.0. The van der Waals surface area contributed by atoms with Crippen molar-refractivity contribution in [3.63, 3.8) is 0 Å². The van der Waals surface area contributed by atoms with Gasteiger partial charge in [-0.15, -0.1) is 11.3 Å². The molecule has 6 heteroatoms. The first kappa shape index (κ1) is 17.9. The van der Waals surface area contributed by atoms with Gasteiger partial charge >= 0.3 is 0 Å². The number of rotatable bonds is 6. The fraction of sp³-hybridized carbons (Fsp3) is 0.200. The smallest absolute Gasteiger partial charge is 0.271 e. The van der Waals surface area contributed by atoms with Crippen LogP contribution in [0.1, 0.15) is 16.1 Å². The highest BCUT2D eigenvalue weighted by Crippen LogP contribution is 2.31. The lowest BCUT2D eigenvalue weighted by atomic mass is 10.2. The number of methoxy groups -OCH3 is 1. The van der Waals surface area contributed by atoms with Gasteiger partial charge in [-0.05, 0) is 29.8 Å². The van der Waals surface area contributed by atoms with Gasteiger partial charge in [0.1, 0.15) is 16.5 Å². The number of para-hydroxylation sites is 1. The van der Waals surface area contributed by atoms with Crippen molar-refractivity contribution in [1.29, 1.82) is 0 Å². The molecule has 26 heavy (non-hydrogen) atoms. The molecular weight excluding hydrogens is 346 g/mol. The first-order chi connectivity index (χ1) is 12.6. The second-order valence-corrected chi connectivity index (χ2v) is 6.84. The number of carbonyl (C=O) groups is 1. The third kappa shape index (κ3) is 4.03. The summed E-state index contributed by atoms with van der Waals surface area (Å²) in [7, 11) is 5.61. The first-order valence-corrected chi connectivity index (χ1v) is 9.10. The van der Waals surface area contributed by atoms with Crippen molar-refractivity contribution in [1.82, 2.24) is 10.3 Å². The summed E-state index contributed by atoms with van der Waals surface area (Å²) in [5, 5.41) is 5.47. The molecule has 134 valence electrons. The van der Waals surface area contributed by atoms with E-state index < -0.39 is 0 Å². The molecule has 5 nitrogen and oxygen atoms in total. The summed E-state index contributed by atoms with van der Waals surface area (Å²) in [6.45, 7) is 0.460. The van der Waals surface area contributed by atoms with E-state index in [2.05, 4.69) is 16.4 Å². The number of ether oxygens (including phenoxy) is 1. The maximum atomic E-state index is 12.4. The molecule has 0 unspecified atom stereocenters. The second-order valence-electron chi connectivity index (χ2n) is 5.99. The van der Waals surface area contributed by atoms with E-state index in [9.17, 15) is 4.79 Å². The van der Waals surface area contributed by atoms with E-state index in [0.29, 0.717) is 12.2 Å². The first-order valence-electron chi connectivity index (χ1n) is 8.22. The highest BCUT2D eigenvalue weighted by atomic mass is 32.1. The van der Waals surface area contributed by atoms with Crippen LogP contribution >= 0.6 is 11.3 Å². The van der Waals surface area contributed by atoms with Crippen molar-refractivity contribution in [3.05, 3.63) is 65.2 Å². The quantitative estimate of drug-likeness (QED) is 0.720. The second kappa shape index (κ2) is 8.01. The summed E-state index contributed by atoms with van der Waals surface area (Å²) in [6.07, 6.45) is 0. The maximum Gasteiger partial charge on any atom is 0.271 e. The van der Waals surface area contributed by atoms with E-state index in [1.807, 2.05) is 61.5 Å². The Hall–Kier alpha value is -2.86. The van der Waals surface area contributed by atoms with Crippen LogP contribution in [0.25, 0.3) is 10.6 Å². The Balaban J connectivity index is 1.70. The van der Waals surface area contributed by atoms with Crippen LogP contribution < -0.4 is 15.0 Å². The van der Waals surface area contributed by atoms with Gasteiger partial charge in [-0.1, -0.05) is 24.3 Å². The summed E-state index contributed by atoms with van der Waals surface area (Å²) in [5.41, 5.74) is 3.45. The summed E-state index contributed by atoms with van der Waals surface area (Å²) in [4.78, 5) is 18.9. The Labute approximate surface area is 157 Å². The Morgan fingerprint density at radius 3 is 2.77 bits per heavy atom. The van der Waals surface area contributed by atoms with E-state index >= 15 is 0 Å². The number of hydrogen-bond donors (Lipinski definition) is 1. The van der Waals surface area contributed by atoms with Crippen molar-refractivity contribution >= 4 is 22.9 Å². The lowest BCUT2D eigenvalue weighted by Gasteiger charge is -2.13. The molecule has 1 heterocycles. The van der Waals surface area contributed by atoms with Gasteiger partial charge in [0.15, 0.2) is 0 Å². The Morgan fingerprint density at radius 2 is 2.00 bits per heavy atom. The van der Waals surface area contributed by atoms with Crippen molar-refractivity contribution in [2.24, 2.45) is 0 Å². The fourth-order valence-corrected chi connectivity index (χ4v) is 3.37. The standard InChI is InChI=1S/C20H21N3O2S/c1-23(2)15-8-6-7-14(11-15)12-21-19(24)17-13-26-20(22-17)16-9-4-5-10-18(16)25-3/h4-11,13H,12H2,1-3H3,(H,21,24). The van der Waals surface area contributed by atoms with Crippen LogP contribution in [0.5, 0.6) is 5.75 Å². The van der Waals surface area contributed by atoms with Crippen LogP contribution in [0, 0.1) is 0 Å². The minimum absolute atomic E-state index is 0.183. The topological polar surface area (TPSA) is 54.5 Å². The molecule has 1 aromatic heterocycles. The lowest BCUT2D eigenvalue weighted by Crippen LogP contribution is -2.23. The van der Waals surface area contributed by atoms with Gasteiger partial charge in [0, 0.05) is 31.7 Å². The molecule has 0 radical (unpaired) electrons. The summed E-state index contributed by atoms with van der Waals surface area (Å²) in [6, 6.07) is 15.7. The van der Waals surface area contributed by atoms with Crippen LogP contribution in [0.15, 0.2) is 53.9 Å².